The SMILES string of the molecule is C#CCOc1c(I)cc(C=Nn2c([C@H](C)CC)nc3ccc(Br)cc3c2=O)cc1OCC. The predicted molar refractivity (Wildman–Crippen MR) is 140 cm³/mol. The highest BCUT2D eigenvalue weighted by atomic mass is 127. The summed E-state index contributed by atoms with van der Waals surface area (Å²) in [7, 11) is 0. The number of hydrogen-bond donors (Lipinski definition) is 0. The predicted octanol–water partition coefficient (Wildman–Crippen LogP) is 5.57. The highest BCUT2D eigenvalue weighted by molar-refractivity contribution is 14.1. The molecule has 0 N–H and O–H groups in total. The molecule has 0 spiro atoms. The summed E-state index contributed by atoms with van der Waals surface area (Å²) in [6, 6.07) is 9.21. The van der Waals surface area contributed by atoms with Crippen molar-refractivity contribution >= 4 is 55.6 Å². The van der Waals surface area contributed by atoms with Gasteiger partial charge >= 0.3 is 0 Å². The molecule has 0 radical (unpaired) electrons. The lowest BCUT2D eigenvalue weighted by Gasteiger charge is -2.15. The maximum absolute atomic E-state index is 13.3. The first-order chi connectivity index (χ1) is 15.4. The minimum atomic E-state index is -0.212. The topological polar surface area (TPSA) is 65.7 Å². The molecule has 0 saturated heterocycles. The Bertz CT molecular complexity index is 1260. The summed E-state index contributed by atoms with van der Waals surface area (Å²) in [6.07, 6.45) is 7.79. The molecule has 0 unspecified atom stereocenters. The van der Waals surface area contributed by atoms with Crippen molar-refractivity contribution in [2.45, 2.75) is 33.1 Å². The Morgan fingerprint density at radius 3 is 2.78 bits per heavy atom. The van der Waals surface area contributed by atoms with E-state index in [1.807, 2.05) is 38.1 Å². The van der Waals surface area contributed by atoms with Gasteiger partial charge in [0.15, 0.2) is 11.5 Å². The van der Waals surface area contributed by atoms with Gasteiger partial charge < -0.3 is 9.47 Å². The Labute approximate surface area is 209 Å². The number of terminal acetylenes is 1. The third kappa shape index (κ3) is 5.33. The Kier molecular flexibility index (Phi) is 8.32. The first kappa shape index (κ1) is 24.3. The lowest BCUT2D eigenvalue weighted by atomic mass is 10.1. The molecule has 0 aliphatic carbocycles. The van der Waals surface area contributed by atoms with Crippen molar-refractivity contribution in [3.8, 4) is 23.8 Å². The van der Waals surface area contributed by atoms with E-state index in [0.717, 1.165) is 20.0 Å². The van der Waals surface area contributed by atoms with E-state index in [9.17, 15) is 4.79 Å². The van der Waals surface area contributed by atoms with Crippen molar-refractivity contribution in [3.05, 3.63) is 60.1 Å². The van der Waals surface area contributed by atoms with Crippen LogP contribution in [0.5, 0.6) is 11.5 Å². The second-order valence-electron chi connectivity index (χ2n) is 7.06. The second-order valence-corrected chi connectivity index (χ2v) is 9.14. The van der Waals surface area contributed by atoms with Crippen molar-refractivity contribution in [1.29, 1.82) is 0 Å². The maximum atomic E-state index is 13.3. The van der Waals surface area contributed by atoms with Crippen molar-refractivity contribution in [2.75, 3.05) is 13.2 Å². The first-order valence-corrected chi connectivity index (χ1v) is 12.1. The molecule has 0 bridgehead atoms. The van der Waals surface area contributed by atoms with E-state index in [-0.39, 0.29) is 18.1 Å². The zero-order valence-electron chi connectivity index (χ0n) is 18.1. The number of benzene rings is 2. The average molecular weight is 608 g/mol. The molecule has 1 atom stereocenters. The molecule has 0 saturated carbocycles. The molecule has 166 valence electrons. The third-order valence-corrected chi connectivity index (χ3v) is 6.13. The van der Waals surface area contributed by atoms with Gasteiger partial charge in [0.1, 0.15) is 12.4 Å². The molecule has 0 amide bonds. The lowest BCUT2D eigenvalue weighted by molar-refractivity contribution is 0.298. The number of nitrogens with zero attached hydrogens (tertiary/aromatic N) is 3. The van der Waals surface area contributed by atoms with Gasteiger partial charge in [0.25, 0.3) is 5.56 Å². The molecule has 8 heteroatoms. The Hall–Kier alpha value is -2.38. The van der Waals surface area contributed by atoms with E-state index in [2.05, 4.69) is 56.5 Å². The van der Waals surface area contributed by atoms with Crippen molar-refractivity contribution in [1.82, 2.24) is 9.66 Å². The fourth-order valence-corrected chi connectivity index (χ4v) is 4.22. The molecule has 0 aliphatic heterocycles. The smallest absolute Gasteiger partial charge is 0.282 e. The van der Waals surface area contributed by atoms with Gasteiger partial charge in [-0.3, -0.25) is 4.79 Å². The monoisotopic (exact) mass is 607 g/mol. The largest absolute Gasteiger partial charge is 0.490 e. The summed E-state index contributed by atoms with van der Waals surface area (Å²) >= 11 is 5.60. The van der Waals surface area contributed by atoms with E-state index in [4.69, 9.17) is 20.9 Å². The van der Waals surface area contributed by atoms with Gasteiger partial charge in [0.2, 0.25) is 0 Å². The number of fused-ring (bicyclic) bond motifs is 1. The Morgan fingerprint density at radius 1 is 1.31 bits per heavy atom. The fourth-order valence-electron chi connectivity index (χ4n) is 3.08. The van der Waals surface area contributed by atoms with E-state index < -0.39 is 0 Å². The van der Waals surface area contributed by atoms with Crippen LogP contribution in [0.2, 0.25) is 0 Å². The summed E-state index contributed by atoms with van der Waals surface area (Å²) in [4.78, 5) is 18.0. The molecule has 3 rings (SSSR count). The number of rotatable bonds is 8. The van der Waals surface area contributed by atoms with Crippen molar-refractivity contribution < 1.29 is 9.47 Å². The van der Waals surface area contributed by atoms with Crippen LogP contribution in [0.3, 0.4) is 0 Å². The molecule has 0 fully saturated rings. The number of halogens is 2. The molecular weight excluding hydrogens is 585 g/mol. The zero-order valence-corrected chi connectivity index (χ0v) is 21.8. The minimum absolute atomic E-state index is 0.0616. The van der Waals surface area contributed by atoms with E-state index in [0.29, 0.717) is 34.8 Å². The van der Waals surface area contributed by atoms with Crippen LogP contribution in [0.1, 0.15) is 44.5 Å². The van der Waals surface area contributed by atoms with E-state index >= 15 is 0 Å². The maximum Gasteiger partial charge on any atom is 0.282 e. The normalized spacial score (nSPS) is 12.1. The Balaban J connectivity index is 2.12. The van der Waals surface area contributed by atoms with Crippen molar-refractivity contribution in [2.24, 2.45) is 5.10 Å². The highest BCUT2D eigenvalue weighted by Crippen LogP contribution is 2.34. The average Bonchev–Trinajstić information content (AvgIpc) is 2.78. The fraction of sp³-hybridized carbons (Fsp3) is 0.292. The number of hydrogen-bond acceptors (Lipinski definition) is 5. The van der Waals surface area contributed by atoms with Gasteiger partial charge in [0.05, 0.1) is 27.3 Å². The zero-order chi connectivity index (χ0) is 23.3. The molecule has 2 aromatic carbocycles. The van der Waals surface area contributed by atoms with Gasteiger partial charge in [-0.15, -0.1) is 6.42 Å². The van der Waals surface area contributed by atoms with Crippen LogP contribution in [0.15, 0.2) is 44.7 Å². The number of aromatic nitrogens is 2. The third-order valence-electron chi connectivity index (χ3n) is 4.84. The summed E-state index contributed by atoms with van der Waals surface area (Å²) < 4.78 is 14.4. The van der Waals surface area contributed by atoms with E-state index in [1.54, 1.807) is 12.3 Å². The lowest BCUT2D eigenvalue weighted by Crippen LogP contribution is -2.23. The first-order valence-electron chi connectivity index (χ1n) is 10.2. The van der Waals surface area contributed by atoms with Crippen LogP contribution in [0.25, 0.3) is 10.9 Å². The standard InChI is InChI=1S/C24H23BrIN3O3/c1-5-10-32-22-19(26)11-16(12-21(22)31-7-3)14-27-29-23(15(4)6-2)28-20-9-8-17(25)13-18(20)24(29)30/h1,8-9,11-15H,6-7,10H2,2-4H3/t15-/m1/s1. The summed E-state index contributed by atoms with van der Waals surface area (Å²) in [5.74, 6) is 4.32. The highest BCUT2D eigenvalue weighted by Gasteiger charge is 2.16. The number of ether oxygens (including phenoxy) is 2. The Morgan fingerprint density at radius 2 is 2.09 bits per heavy atom. The van der Waals surface area contributed by atoms with Crippen LogP contribution in [0, 0.1) is 15.9 Å². The van der Waals surface area contributed by atoms with Crippen LogP contribution in [-0.2, 0) is 0 Å². The summed E-state index contributed by atoms with van der Waals surface area (Å²) in [5.41, 5.74) is 1.21. The van der Waals surface area contributed by atoms with Gasteiger partial charge in [-0.2, -0.15) is 9.78 Å². The van der Waals surface area contributed by atoms with Crippen LogP contribution in [0.4, 0.5) is 0 Å². The van der Waals surface area contributed by atoms with Gasteiger partial charge in [-0.05, 0) is 71.8 Å². The van der Waals surface area contributed by atoms with Crippen molar-refractivity contribution in [3.63, 3.8) is 0 Å². The quantitative estimate of drug-likeness (QED) is 0.191. The molecular formula is C24H23BrIN3O3. The minimum Gasteiger partial charge on any atom is -0.490 e. The molecule has 3 aromatic rings. The second kappa shape index (κ2) is 11.0. The van der Waals surface area contributed by atoms with Crippen LogP contribution < -0.4 is 15.0 Å². The summed E-state index contributed by atoms with van der Waals surface area (Å²) in [5, 5.41) is 5.03. The molecule has 1 heterocycles. The van der Waals surface area contributed by atoms with Crippen LogP contribution in [-0.4, -0.2) is 29.1 Å². The molecule has 6 nitrogen and oxygen atoms in total. The van der Waals surface area contributed by atoms with E-state index in [1.165, 1.54) is 4.68 Å². The molecule has 32 heavy (non-hydrogen) atoms. The van der Waals surface area contributed by atoms with Gasteiger partial charge in [-0.1, -0.05) is 35.7 Å². The van der Waals surface area contributed by atoms with Crippen LogP contribution >= 0.6 is 38.5 Å². The molecule has 0 aliphatic rings. The molecule has 1 aromatic heterocycles. The van der Waals surface area contributed by atoms with Gasteiger partial charge in [-0.25, -0.2) is 4.98 Å². The summed E-state index contributed by atoms with van der Waals surface area (Å²) in [6.45, 7) is 6.61. The van der Waals surface area contributed by atoms with Gasteiger partial charge in [0, 0.05) is 10.4 Å².